The normalized spacial score (nSPS) is 13.6. The maximum atomic E-state index is 11.3. The van der Waals surface area contributed by atoms with Crippen LogP contribution in [0.3, 0.4) is 0 Å². The van der Waals surface area contributed by atoms with E-state index in [1.54, 1.807) is 0 Å². The Hall–Kier alpha value is -0.830. The van der Waals surface area contributed by atoms with Crippen molar-refractivity contribution in [2.45, 2.75) is 65.5 Å². The molecule has 1 atom stereocenters. The molecule has 0 saturated heterocycles. The highest BCUT2D eigenvalue weighted by Gasteiger charge is 2.17. The van der Waals surface area contributed by atoms with E-state index in [0.717, 1.165) is 18.5 Å². The van der Waals surface area contributed by atoms with Gasteiger partial charge in [0.05, 0.1) is 12.3 Å². The number of benzene rings is 1. The van der Waals surface area contributed by atoms with Crippen LogP contribution in [0.15, 0.2) is 29.3 Å². The number of guanidine groups is 1. The number of hydrogen-bond acceptors (Lipinski definition) is 3. The Bertz CT molecular complexity index is 686. The molecule has 7 heteroatoms. The van der Waals surface area contributed by atoms with Crippen molar-refractivity contribution in [3.8, 4) is 0 Å². The van der Waals surface area contributed by atoms with Crippen molar-refractivity contribution in [3.63, 3.8) is 0 Å². The van der Waals surface area contributed by atoms with E-state index in [1.165, 1.54) is 11.8 Å². The van der Waals surface area contributed by atoms with Gasteiger partial charge in [-0.25, -0.2) is 13.4 Å². The zero-order chi connectivity index (χ0) is 19.8. The van der Waals surface area contributed by atoms with Crippen molar-refractivity contribution in [3.05, 3.63) is 35.4 Å². The molecule has 0 fully saturated rings. The zero-order valence-electron chi connectivity index (χ0n) is 17.5. The first-order chi connectivity index (χ1) is 12.1. The van der Waals surface area contributed by atoms with Crippen LogP contribution in [0.1, 0.15) is 58.6 Å². The van der Waals surface area contributed by atoms with Crippen molar-refractivity contribution in [1.82, 2.24) is 10.6 Å². The third-order valence-electron chi connectivity index (χ3n) is 4.69. The summed E-state index contributed by atoms with van der Waals surface area (Å²) in [5, 5.41) is 6.50. The highest BCUT2D eigenvalue weighted by molar-refractivity contribution is 14.0. The standard InChI is InChI=1S/C20H35N3O2S.HI/c1-7-20(4,5)18-11-9-17(10-12-18)15-22-19(21-8-2)23-16(3)13-14-26(6,24)25;/h9-12,16H,7-8,13-15H2,1-6H3,(H2,21,22,23);1H. The largest absolute Gasteiger partial charge is 0.357 e. The molecule has 1 aromatic carbocycles. The molecule has 156 valence electrons. The van der Waals surface area contributed by atoms with Gasteiger partial charge < -0.3 is 10.6 Å². The minimum Gasteiger partial charge on any atom is -0.357 e. The molecular weight excluding hydrogens is 473 g/mol. The van der Waals surface area contributed by atoms with Gasteiger partial charge in [0.25, 0.3) is 0 Å². The minimum absolute atomic E-state index is 0. The lowest BCUT2D eigenvalue weighted by atomic mass is 9.82. The van der Waals surface area contributed by atoms with E-state index >= 15 is 0 Å². The van der Waals surface area contributed by atoms with Crippen LogP contribution >= 0.6 is 24.0 Å². The number of halogens is 1. The number of hydrogen-bond donors (Lipinski definition) is 2. The molecule has 0 saturated carbocycles. The molecule has 0 spiro atoms. The predicted molar refractivity (Wildman–Crippen MR) is 127 cm³/mol. The van der Waals surface area contributed by atoms with E-state index in [1.807, 2.05) is 13.8 Å². The minimum atomic E-state index is -2.94. The van der Waals surface area contributed by atoms with E-state index in [-0.39, 0.29) is 41.2 Å². The lowest BCUT2D eigenvalue weighted by Crippen LogP contribution is -2.42. The second kappa shape index (κ2) is 11.9. The van der Waals surface area contributed by atoms with Gasteiger partial charge in [-0.1, -0.05) is 45.0 Å². The number of nitrogens with zero attached hydrogens (tertiary/aromatic N) is 1. The molecule has 1 aromatic rings. The maximum Gasteiger partial charge on any atom is 0.191 e. The number of sulfone groups is 1. The highest BCUT2D eigenvalue weighted by Crippen LogP contribution is 2.26. The van der Waals surface area contributed by atoms with Gasteiger partial charge in [0.2, 0.25) is 0 Å². The molecule has 2 N–H and O–H groups in total. The van der Waals surface area contributed by atoms with Gasteiger partial charge >= 0.3 is 0 Å². The fraction of sp³-hybridized carbons (Fsp3) is 0.650. The molecule has 27 heavy (non-hydrogen) atoms. The molecule has 0 aliphatic rings. The van der Waals surface area contributed by atoms with E-state index in [0.29, 0.717) is 18.9 Å². The Labute approximate surface area is 182 Å². The number of aliphatic imine (C=N–C) groups is 1. The summed E-state index contributed by atoms with van der Waals surface area (Å²) in [6.07, 6.45) is 2.93. The van der Waals surface area contributed by atoms with E-state index in [9.17, 15) is 8.42 Å². The summed E-state index contributed by atoms with van der Waals surface area (Å²) in [4.78, 5) is 4.63. The van der Waals surface area contributed by atoms with Gasteiger partial charge in [0.15, 0.2) is 5.96 Å². The molecule has 0 radical (unpaired) electrons. The third-order valence-corrected chi connectivity index (χ3v) is 5.67. The van der Waals surface area contributed by atoms with Crippen LogP contribution in [0.25, 0.3) is 0 Å². The molecule has 0 aliphatic heterocycles. The van der Waals surface area contributed by atoms with Gasteiger partial charge in [0, 0.05) is 18.8 Å². The predicted octanol–water partition coefficient (Wildman–Crippen LogP) is 3.87. The molecular formula is C20H36IN3O2S. The summed E-state index contributed by atoms with van der Waals surface area (Å²) in [6.45, 7) is 12.0. The zero-order valence-corrected chi connectivity index (χ0v) is 20.6. The second-order valence-corrected chi connectivity index (χ2v) is 9.85. The van der Waals surface area contributed by atoms with Crippen LogP contribution < -0.4 is 10.6 Å². The lowest BCUT2D eigenvalue weighted by Gasteiger charge is -2.23. The Morgan fingerprint density at radius 1 is 1.19 bits per heavy atom. The summed E-state index contributed by atoms with van der Waals surface area (Å²) in [7, 11) is -2.94. The molecule has 0 heterocycles. The van der Waals surface area contributed by atoms with Crippen molar-refractivity contribution in [2.24, 2.45) is 4.99 Å². The van der Waals surface area contributed by atoms with Gasteiger partial charge in [0.1, 0.15) is 9.84 Å². The van der Waals surface area contributed by atoms with Gasteiger partial charge in [-0.2, -0.15) is 0 Å². The van der Waals surface area contributed by atoms with E-state index in [4.69, 9.17) is 0 Å². The average Bonchev–Trinajstić information content (AvgIpc) is 2.58. The van der Waals surface area contributed by atoms with Crippen LogP contribution in [0.2, 0.25) is 0 Å². The summed E-state index contributed by atoms with van der Waals surface area (Å²) in [6, 6.07) is 8.67. The third kappa shape index (κ3) is 10.3. The molecule has 1 rings (SSSR count). The lowest BCUT2D eigenvalue weighted by molar-refractivity contribution is 0.506. The number of rotatable bonds is 9. The second-order valence-electron chi connectivity index (χ2n) is 7.59. The molecule has 1 unspecified atom stereocenters. The average molecular weight is 509 g/mol. The van der Waals surface area contributed by atoms with Crippen LogP contribution in [-0.2, 0) is 21.8 Å². The topological polar surface area (TPSA) is 70.6 Å². The Balaban J connectivity index is 0.00000676. The molecule has 0 bridgehead atoms. The summed E-state index contributed by atoms with van der Waals surface area (Å²) >= 11 is 0. The van der Waals surface area contributed by atoms with Crippen molar-refractivity contribution < 1.29 is 8.42 Å². The van der Waals surface area contributed by atoms with Gasteiger partial charge in [-0.3, -0.25) is 0 Å². The smallest absolute Gasteiger partial charge is 0.191 e. The van der Waals surface area contributed by atoms with Crippen LogP contribution in [0, 0.1) is 0 Å². The van der Waals surface area contributed by atoms with E-state index < -0.39 is 9.84 Å². The fourth-order valence-electron chi connectivity index (χ4n) is 2.45. The summed E-state index contributed by atoms with van der Waals surface area (Å²) in [5.41, 5.74) is 2.68. The number of nitrogens with one attached hydrogen (secondary N) is 2. The van der Waals surface area contributed by atoms with Gasteiger partial charge in [-0.15, -0.1) is 24.0 Å². The molecule has 5 nitrogen and oxygen atoms in total. The Kier molecular flexibility index (Phi) is 11.5. The first kappa shape index (κ1) is 26.2. The SMILES string of the molecule is CCNC(=NCc1ccc(C(C)(C)CC)cc1)NC(C)CCS(C)(=O)=O.I. The van der Waals surface area contributed by atoms with Crippen LogP contribution in [-0.4, -0.2) is 39.0 Å². The van der Waals surface area contributed by atoms with E-state index in [2.05, 4.69) is 60.7 Å². The molecule has 0 aromatic heterocycles. The van der Waals surface area contributed by atoms with Crippen LogP contribution in [0.5, 0.6) is 0 Å². The molecule has 0 amide bonds. The monoisotopic (exact) mass is 509 g/mol. The van der Waals surface area contributed by atoms with Crippen molar-refractivity contribution in [1.29, 1.82) is 0 Å². The van der Waals surface area contributed by atoms with Gasteiger partial charge in [-0.05, 0) is 43.2 Å². The first-order valence-electron chi connectivity index (χ1n) is 9.39. The quantitative estimate of drug-likeness (QED) is 0.301. The molecule has 0 aliphatic carbocycles. The summed E-state index contributed by atoms with van der Waals surface area (Å²) < 4.78 is 22.6. The summed E-state index contributed by atoms with van der Waals surface area (Å²) in [5.74, 6) is 0.890. The highest BCUT2D eigenvalue weighted by atomic mass is 127. The maximum absolute atomic E-state index is 11.3. The van der Waals surface area contributed by atoms with Crippen molar-refractivity contribution >= 4 is 39.8 Å². The fourth-order valence-corrected chi connectivity index (χ4v) is 3.23. The van der Waals surface area contributed by atoms with Crippen LogP contribution in [0.4, 0.5) is 0 Å². The Morgan fingerprint density at radius 3 is 2.26 bits per heavy atom. The first-order valence-corrected chi connectivity index (χ1v) is 11.5. The van der Waals surface area contributed by atoms with Crippen molar-refractivity contribution in [2.75, 3.05) is 18.6 Å². The Morgan fingerprint density at radius 2 is 1.78 bits per heavy atom.